The minimum atomic E-state index is -0.575. The van der Waals surface area contributed by atoms with Crippen molar-refractivity contribution in [2.75, 3.05) is 103 Å². The number of methoxy groups -OCH3 is 7. The van der Waals surface area contributed by atoms with Crippen molar-refractivity contribution >= 4 is 11.9 Å². The molecule has 13 nitrogen and oxygen atoms in total. The molecule has 1 fully saturated rings. The molecule has 0 saturated carbocycles. The molecule has 2 atom stereocenters. The summed E-state index contributed by atoms with van der Waals surface area (Å²) in [5.41, 5.74) is 4.65. The molecule has 2 aliphatic rings. The van der Waals surface area contributed by atoms with Crippen molar-refractivity contribution in [1.29, 1.82) is 0 Å². The molecule has 0 aliphatic carbocycles. The van der Waals surface area contributed by atoms with Gasteiger partial charge in [0.25, 0.3) is 0 Å². The standard InChI is InChI=1S/C45H62N2O11/c1-46(22-17-34-29-39(52-4)40(53-5)30-35(34)36(46)25-32-13-14-37(50-2)38(26-32)51-3)18-11-23-57-43(48)15-16-44(49)58-24-12-21-47(19-9-10-20-47)31-33-27-41(54-6)45(56-8)42(28-33)55-7/h13-16,26-30,36H,9-12,17-25,31H2,1-8H3/q+2/b16-15-/t36-,46-/m1/s1. The highest BCUT2D eigenvalue weighted by Crippen LogP contribution is 2.43. The average Bonchev–Trinajstić information content (AvgIpc) is 3.71. The first-order chi connectivity index (χ1) is 28.0. The summed E-state index contributed by atoms with van der Waals surface area (Å²) in [7, 11) is 13.7. The summed E-state index contributed by atoms with van der Waals surface area (Å²) in [4.78, 5) is 25.2. The van der Waals surface area contributed by atoms with E-state index >= 15 is 0 Å². The molecule has 58 heavy (non-hydrogen) atoms. The second kappa shape index (κ2) is 20.5. The number of carbonyl (C=O) groups excluding carboxylic acids is 2. The van der Waals surface area contributed by atoms with Crippen molar-refractivity contribution in [3.05, 3.63) is 76.9 Å². The number of esters is 2. The van der Waals surface area contributed by atoms with Gasteiger partial charge in [-0.2, -0.15) is 0 Å². The second-order valence-corrected chi connectivity index (χ2v) is 15.3. The molecule has 0 radical (unpaired) electrons. The van der Waals surface area contributed by atoms with Gasteiger partial charge in [0.1, 0.15) is 12.6 Å². The van der Waals surface area contributed by atoms with Crippen LogP contribution in [-0.4, -0.2) is 124 Å². The number of hydrogen-bond acceptors (Lipinski definition) is 11. The van der Waals surface area contributed by atoms with Gasteiger partial charge in [-0.15, -0.1) is 0 Å². The minimum absolute atomic E-state index is 0.0869. The zero-order valence-electron chi connectivity index (χ0n) is 35.6. The zero-order chi connectivity index (χ0) is 41.7. The number of carbonyl (C=O) groups is 2. The lowest BCUT2D eigenvalue weighted by Gasteiger charge is -2.46. The van der Waals surface area contributed by atoms with Gasteiger partial charge >= 0.3 is 11.9 Å². The number of likely N-dealkylation sites (N-methyl/N-ethyl adjacent to an activating group) is 1. The molecule has 2 heterocycles. The Bertz CT molecular complexity index is 1870. The number of hydrogen-bond donors (Lipinski definition) is 0. The van der Waals surface area contributed by atoms with Crippen LogP contribution in [0, 0.1) is 0 Å². The first-order valence-electron chi connectivity index (χ1n) is 20.0. The fourth-order valence-electron chi connectivity index (χ4n) is 8.64. The normalized spacial score (nSPS) is 18.2. The quantitative estimate of drug-likeness (QED) is 0.0525. The van der Waals surface area contributed by atoms with Crippen molar-refractivity contribution in [2.45, 2.75) is 51.1 Å². The van der Waals surface area contributed by atoms with Crippen LogP contribution in [0.3, 0.4) is 0 Å². The molecule has 0 amide bonds. The van der Waals surface area contributed by atoms with E-state index in [0.29, 0.717) is 53.1 Å². The van der Waals surface area contributed by atoms with Gasteiger partial charge in [0.2, 0.25) is 5.75 Å². The van der Waals surface area contributed by atoms with Gasteiger partial charge in [-0.25, -0.2) is 9.59 Å². The molecule has 5 rings (SSSR count). The highest BCUT2D eigenvalue weighted by atomic mass is 16.5. The van der Waals surface area contributed by atoms with Gasteiger partial charge in [0.05, 0.1) is 103 Å². The first-order valence-corrected chi connectivity index (χ1v) is 20.0. The summed E-state index contributed by atoms with van der Waals surface area (Å²) in [6.07, 6.45) is 7.54. The lowest BCUT2D eigenvalue weighted by atomic mass is 9.86. The Labute approximate surface area is 343 Å². The maximum atomic E-state index is 12.6. The Hall–Kier alpha value is -5.14. The minimum Gasteiger partial charge on any atom is -0.493 e. The molecule has 0 aromatic heterocycles. The predicted molar refractivity (Wildman–Crippen MR) is 219 cm³/mol. The van der Waals surface area contributed by atoms with E-state index < -0.39 is 11.9 Å². The van der Waals surface area contributed by atoms with Crippen molar-refractivity contribution in [3.8, 4) is 40.2 Å². The molecule has 3 aromatic carbocycles. The third-order valence-electron chi connectivity index (χ3n) is 11.7. The molecule has 3 aromatic rings. The molecule has 316 valence electrons. The van der Waals surface area contributed by atoms with E-state index in [1.807, 2.05) is 24.3 Å². The van der Waals surface area contributed by atoms with Crippen LogP contribution in [0.1, 0.15) is 54.0 Å². The van der Waals surface area contributed by atoms with Crippen LogP contribution in [-0.2, 0) is 38.4 Å². The Morgan fingerprint density at radius 1 is 0.621 bits per heavy atom. The van der Waals surface area contributed by atoms with Crippen LogP contribution >= 0.6 is 0 Å². The third kappa shape index (κ3) is 10.7. The summed E-state index contributed by atoms with van der Waals surface area (Å²) in [6.45, 7) is 5.90. The lowest BCUT2D eigenvalue weighted by molar-refractivity contribution is -0.941. The largest absolute Gasteiger partial charge is 0.493 e. The Balaban J connectivity index is 1.12. The van der Waals surface area contributed by atoms with E-state index in [0.717, 1.165) is 97.2 Å². The van der Waals surface area contributed by atoms with Crippen LogP contribution in [0.15, 0.2) is 54.6 Å². The Kier molecular flexibility index (Phi) is 15.6. The molecule has 0 N–H and O–H groups in total. The molecular weight excluding hydrogens is 744 g/mol. The van der Waals surface area contributed by atoms with Crippen molar-refractivity contribution in [2.24, 2.45) is 0 Å². The van der Waals surface area contributed by atoms with Gasteiger partial charge in [0.15, 0.2) is 34.5 Å². The molecule has 13 heteroatoms. The van der Waals surface area contributed by atoms with E-state index in [-0.39, 0.29) is 19.3 Å². The number of nitrogens with zero attached hydrogens (tertiary/aromatic N) is 2. The summed E-state index contributed by atoms with van der Waals surface area (Å²) < 4.78 is 51.7. The molecular formula is C45H62N2O11+2. The van der Waals surface area contributed by atoms with Gasteiger partial charge in [-0.1, -0.05) is 6.07 Å². The highest BCUT2D eigenvalue weighted by Gasteiger charge is 2.40. The van der Waals surface area contributed by atoms with Gasteiger partial charge in [-0.3, -0.25) is 0 Å². The Morgan fingerprint density at radius 3 is 1.72 bits per heavy atom. The maximum absolute atomic E-state index is 12.6. The number of fused-ring (bicyclic) bond motifs is 1. The van der Waals surface area contributed by atoms with E-state index in [9.17, 15) is 9.59 Å². The Morgan fingerprint density at radius 2 is 1.16 bits per heavy atom. The maximum Gasteiger partial charge on any atom is 0.331 e. The van der Waals surface area contributed by atoms with Crippen molar-refractivity contribution in [3.63, 3.8) is 0 Å². The summed E-state index contributed by atoms with van der Waals surface area (Å²) in [6, 6.07) is 14.3. The van der Waals surface area contributed by atoms with E-state index in [1.54, 1.807) is 49.8 Å². The summed E-state index contributed by atoms with van der Waals surface area (Å²) in [5.74, 6) is 3.47. The number of likely N-dealkylation sites (tertiary alicyclic amines) is 1. The van der Waals surface area contributed by atoms with Crippen LogP contribution in [0.25, 0.3) is 0 Å². The first kappa shape index (κ1) is 44.0. The molecule has 1 saturated heterocycles. The molecule has 0 bridgehead atoms. The van der Waals surface area contributed by atoms with E-state index in [2.05, 4.69) is 25.2 Å². The van der Waals surface area contributed by atoms with Crippen molar-refractivity contribution < 1.29 is 61.2 Å². The molecule has 2 aliphatic heterocycles. The van der Waals surface area contributed by atoms with Crippen molar-refractivity contribution in [1.82, 2.24) is 0 Å². The van der Waals surface area contributed by atoms with E-state index in [4.69, 9.17) is 42.6 Å². The molecule has 0 unspecified atom stereocenters. The number of rotatable bonds is 21. The number of benzene rings is 3. The topological polar surface area (TPSA) is 117 Å². The van der Waals surface area contributed by atoms with Crippen LogP contribution in [0.5, 0.6) is 40.2 Å². The SMILES string of the molecule is COc1ccc(C[C@@H]2c3cc(OC)c(OC)cc3CC[N@@+]2(C)CCCOC(=O)/C=C\C(=O)OCCC[N+]2(Cc3cc(OC)c(OC)c(OC)c3)CCCC2)cc1OC. The lowest BCUT2D eigenvalue weighted by Crippen LogP contribution is -2.52. The molecule has 0 spiro atoms. The van der Waals surface area contributed by atoms with Gasteiger partial charge < -0.3 is 51.6 Å². The fourth-order valence-corrected chi connectivity index (χ4v) is 8.64. The summed E-state index contributed by atoms with van der Waals surface area (Å²) in [5, 5.41) is 0. The number of ether oxygens (including phenoxy) is 9. The van der Waals surface area contributed by atoms with Crippen LogP contribution in [0.2, 0.25) is 0 Å². The number of quaternary nitrogens is 2. The smallest absolute Gasteiger partial charge is 0.331 e. The fraction of sp³-hybridized carbons (Fsp3) is 0.511. The van der Waals surface area contributed by atoms with Gasteiger partial charge in [-0.05, 0) is 47.5 Å². The van der Waals surface area contributed by atoms with Crippen LogP contribution in [0.4, 0.5) is 0 Å². The predicted octanol–water partition coefficient (Wildman–Crippen LogP) is 6.27. The average molecular weight is 807 g/mol. The summed E-state index contributed by atoms with van der Waals surface area (Å²) >= 11 is 0. The van der Waals surface area contributed by atoms with E-state index in [1.165, 1.54) is 11.1 Å². The monoisotopic (exact) mass is 806 g/mol. The van der Waals surface area contributed by atoms with Gasteiger partial charge in [0, 0.05) is 61.8 Å². The highest BCUT2D eigenvalue weighted by molar-refractivity contribution is 5.91. The third-order valence-corrected chi connectivity index (χ3v) is 11.7. The second-order valence-electron chi connectivity index (χ2n) is 15.3. The van der Waals surface area contributed by atoms with Crippen LogP contribution < -0.4 is 33.2 Å². The zero-order valence-corrected chi connectivity index (χ0v) is 35.6.